The number of aliphatic hydroxyl groups excluding tert-OH is 1. The molecule has 1 heterocycles. The van der Waals surface area contributed by atoms with E-state index in [1.807, 2.05) is 37.8 Å². The van der Waals surface area contributed by atoms with E-state index in [9.17, 15) is 29.6 Å². The van der Waals surface area contributed by atoms with E-state index in [1.165, 1.54) is 30.3 Å². The maximum Gasteiger partial charge on any atom is 0.338 e. The lowest BCUT2D eigenvalue weighted by Crippen LogP contribution is -2.57. The fourth-order valence-corrected chi connectivity index (χ4v) is 3.79. The first-order valence-electron chi connectivity index (χ1n) is 11.3. The quantitative estimate of drug-likeness (QED) is 0.252. The lowest BCUT2D eigenvalue weighted by molar-refractivity contribution is -0.384. The maximum absolute atomic E-state index is 13.3. The number of amides is 4. The highest BCUT2D eigenvalue weighted by Gasteiger charge is 2.43. The van der Waals surface area contributed by atoms with Gasteiger partial charge in [-0.05, 0) is 48.7 Å². The number of rotatable bonds is 9. The second-order valence-electron chi connectivity index (χ2n) is 8.46. The van der Waals surface area contributed by atoms with Gasteiger partial charge in [0.2, 0.25) is 0 Å². The van der Waals surface area contributed by atoms with Crippen LogP contribution in [0.4, 0.5) is 21.9 Å². The summed E-state index contributed by atoms with van der Waals surface area (Å²) in [7, 11) is 0. The smallest absolute Gasteiger partial charge is 0.338 e. The van der Waals surface area contributed by atoms with Crippen LogP contribution < -0.4 is 9.80 Å². The van der Waals surface area contributed by atoms with Gasteiger partial charge in [-0.3, -0.25) is 24.6 Å². The predicted octanol–water partition coefficient (Wildman–Crippen LogP) is 3.45. The first kappa shape index (κ1) is 25.6. The average Bonchev–Trinajstić information content (AvgIpc) is 2.83. The van der Waals surface area contributed by atoms with Crippen LogP contribution in [0.15, 0.2) is 54.1 Å². The van der Waals surface area contributed by atoms with Crippen LogP contribution in [0.2, 0.25) is 0 Å². The minimum atomic E-state index is -0.798. The summed E-state index contributed by atoms with van der Waals surface area (Å²) < 4.78 is 0. The summed E-state index contributed by atoms with van der Waals surface area (Å²) in [5, 5.41) is 20.2. The van der Waals surface area contributed by atoms with Crippen molar-refractivity contribution >= 4 is 41.0 Å². The van der Waals surface area contributed by atoms with Crippen molar-refractivity contribution in [2.75, 3.05) is 36.0 Å². The van der Waals surface area contributed by atoms with Gasteiger partial charge in [0.15, 0.2) is 0 Å². The van der Waals surface area contributed by atoms with Crippen molar-refractivity contribution < 1.29 is 24.4 Å². The van der Waals surface area contributed by atoms with Crippen LogP contribution in [0.5, 0.6) is 0 Å². The van der Waals surface area contributed by atoms with Gasteiger partial charge in [-0.15, -0.1) is 0 Å². The highest BCUT2D eigenvalue weighted by atomic mass is 16.6. The Balaban J connectivity index is 2.01. The largest absolute Gasteiger partial charge is 0.395 e. The Labute approximate surface area is 203 Å². The number of aliphatic hydroxyl groups is 1. The minimum absolute atomic E-state index is 0.0147. The van der Waals surface area contributed by atoms with E-state index in [0.717, 1.165) is 15.5 Å². The van der Waals surface area contributed by atoms with Crippen molar-refractivity contribution in [1.29, 1.82) is 0 Å². The fourth-order valence-electron chi connectivity index (χ4n) is 3.79. The molecule has 1 aliphatic heterocycles. The number of anilines is 2. The number of nitro groups is 1. The van der Waals surface area contributed by atoms with E-state index >= 15 is 0 Å². The lowest BCUT2D eigenvalue weighted by Gasteiger charge is -2.34. The number of likely N-dealkylation sites (N-methyl/N-ethyl adjacent to an activating group) is 1. The van der Waals surface area contributed by atoms with Crippen molar-refractivity contribution in [1.82, 2.24) is 4.90 Å². The molecular weight excluding hydrogens is 452 g/mol. The SMILES string of the molecule is CCN(CCO)c1ccc(/C=C2\C(=O)N(CC(C)C)C(=O)N(c3ccc([N+](=O)[O-])cc3)C2=O)cc1. The van der Waals surface area contributed by atoms with Crippen LogP contribution in [0.1, 0.15) is 26.3 Å². The molecule has 184 valence electrons. The summed E-state index contributed by atoms with van der Waals surface area (Å²) in [6, 6.07) is 11.4. The van der Waals surface area contributed by atoms with Gasteiger partial charge in [-0.25, -0.2) is 9.69 Å². The Morgan fingerprint density at radius 3 is 2.17 bits per heavy atom. The number of carbonyl (C=O) groups excluding carboxylic acids is 3. The standard InChI is InChI=1S/C25H28N4O6/c1-4-26(13-14-30)19-7-5-18(6-8-19)15-22-23(31)27(16-17(2)3)25(33)28(24(22)32)20-9-11-21(12-10-20)29(34)35/h5-12,15,17,30H,4,13-14,16H2,1-3H3/b22-15+. The van der Waals surface area contributed by atoms with Gasteiger partial charge in [-0.2, -0.15) is 0 Å². The second kappa shape index (κ2) is 10.9. The van der Waals surface area contributed by atoms with Crippen LogP contribution in [0.3, 0.4) is 0 Å². The fraction of sp³-hybridized carbons (Fsp3) is 0.320. The van der Waals surface area contributed by atoms with E-state index in [4.69, 9.17) is 0 Å². The van der Waals surface area contributed by atoms with Crippen LogP contribution in [-0.4, -0.2) is 59.0 Å². The zero-order chi connectivity index (χ0) is 25.7. The number of carbonyl (C=O) groups is 3. The minimum Gasteiger partial charge on any atom is -0.395 e. The van der Waals surface area contributed by atoms with E-state index in [0.29, 0.717) is 18.7 Å². The van der Waals surface area contributed by atoms with Crippen LogP contribution in [0.25, 0.3) is 6.08 Å². The Bertz CT molecular complexity index is 1140. The molecule has 3 rings (SSSR count). The van der Waals surface area contributed by atoms with Crippen molar-refractivity contribution in [2.45, 2.75) is 20.8 Å². The Kier molecular flexibility index (Phi) is 7.98. The highest BCUT2D eigenvalue weighted by Crippen LogP contribution is 2.28. The molecular formula is C25H28N4O6. The number of nitro benzene ring substituents is 1. The molecule has 0 atom stereocenters. The van der Waals surface area contributed by atoms with Crippen LogP contribution in [-0.2, 0) is 9.59 Å². The summed E-state index contributed by atoms with van der Waals surface area (Å²) in [4.78, 5) is 53.9. The van der Waals surface area contributed by atoms with Gasteiger partial charge in [0.05, 0.1) is 17.2 Å². The molecule has 1 N–H and O–H groups in total. The molecule has 0 saturated carbocycles. The molecule has 0 unspecified atom stereocenters. The van der Waals surface area contributed by atoms with Crippen molar-refractivity contribution in [3.63, 3.8) is 0 Å². The third-order valence-corrected chi connectivity index (χ3v) is 5.52. The molecule has 1 fully saturated rings. The number of non-ortho nitro benzene ring substituents is 1. The first-order chi connectivity index (χ1) is 16.7. The molecule has 0 radical (unpaired) electrons. The Hall–Kier alpha value is -4.05. The molecule has 0 spiro atoms. The Morgan fingerprint density at radius 1 is 1.03 bits per heavy atom. The normalized spacial score (nSPS) is 15.3. The van der Waals surface area contributed by atoms with Gasteiger partial charge >= 0.3 is 6.03 Å². The molecule has 10 heteroatoms. The number of barbiturate groups is 1. The number of hydrogen-bond donors (Lipinski definition) is 1. The predicted molar refractivity (Wildman–Crippen MR) is 132 cm³/mol. The van der Waals surface area contributed by atoms with Crippen LogP contribution >= 0.6 is 0 Å². The molecule has 2 aromatic carbocycles. The molecule has 2 aromatic rings. The molecule has 0 aliphatic carbocycles. The second-order valence-corrected chi connectivity index (χ2v) is 8.46. The zero-order valence-corrected chi connectivity index (χ0v) is 19.9. The number of imide groups is 2. The molecule has 0 bridgehead atoms. The molecule has 35 heavy (non-hydrogen) atoms. The van der Waals surface area contributed by atoms with Crippen molar-refractivity contribution in [3.8, 4) is 0 Å². The summed E-state index contributed by atoms with van der Waals surface area (Å²) in [5.41, 5.74) is 1.25. The van der Waals surface area contributed by atoms with Gasteiger partial charge in [0.25, 0.3) is 17.5 Å². The van der Waals surface area contributed by atoms with Gasteiger partial charge in [-0.1, -0.05) is 26.0 Å². The van der Waals surface area contributed by atoms with E-state index in [-0.39, 0.29) is 36.0 Å². The molecule has 1 aliphatic rings. The summed E-state index contributed by atoms with van der Waals surface area (Å²) >= 11 is 0. The highest BCUT2D eigenvalue weighted by molar-refractivity contribution is 6.39. The van der Waals surface area contributed by atoms with Gasteiger partial charge in [0.1, 0.15) is 5.57 Å². The number of nitrogens with zero attached hydrogens (tertiary/aromatic N) is 4. The van der Waals surface area contributed by atoms with Gasteiger partial charge < -0.3 is 10.0 Å². The topological polar surface area (TPSA) is 124 Å². The number of urea groups is 1. The van der Waals surface area contributed by atoms with Crippen molar-refractivity contribution in [2.24, 2.45) is 5.92 Å². The monoisotopic (exact) mass is 480 g/mol. The number of benzene rings is 2. The maximum atomic E-state index is 13.3. The third kappa shape index (κ3) is 5.55. The van der Waals surface area contributed by atoms with E-state index in [2.05, 4.69) is 0 Å². The average molecular weight is 481 g/mol. The van der Waals surface area contributed by atoms with E-state index < -0.39 is 22.8 Å². The summed E-state index contributed by atoms with van der Waals surface area (Å²) in [6.45, 7) is 6.97. The first-order valence-corrected chi connectivity index (χ1v) is 11.3. The zero-order valence-electron chi connectivity index (χ0n) is 19.9. The summed E-state index contributed by atoms with van der Waals surface area (Å²) in [5.74, 6) is -1.53. The van der Waals surface area contributed by atoms with Crippen molar-refractivity contribution in [3.05, 3.63) is 69.8 Å². The third-order valence-electron chi connectivity index (χ3n) is 5.52. The lowest BCUT2D eigenvalue weighted by atomic mass is 10.0. The molecule has 1 saturated heterocycles. The van der Waals surface area contributed by atoms with Crippen LogP contribution in [0, 0.1) is 16.0 Å². The van der Waals surface area contributed by atoms with Gasteiger partial charge in [0, 0.05) is 37.5 Å². The molecule has 0 aromatic heterocycles. The Morgan fingerprint density at radius 2 is 1.66 bits per heavy atom. The summed E-state index contributed by atoms with van der Waals surface area (Å²) in [6.07, 6.45) is 1.44. The molecule has 10 nitrogen and oxygen atoms in total. The number of hydrogen-bond acceptors (Lipinski definition) is 7. The molecule has 4 amide bonds. The van der Waals surface area contributed by atoms with E-state index in [1.54, 1.807) is 12.1 Å².